The molecular formula is C6H16O2P2. The van der Waals surface area contributed by atoms with Gasteiger partial charge in [-0.3, -0.25) is 0 Å². The normalized spacial score (nSPS) is 16.8. The van der Waals surface area contributed by atoms with Gasteiger partial charge in [0.15, 0.2) is 0 Å². The van der Waals surface area contributed by atoms with Gasteiger partial charge in [0.2, 0.25) is 0 Å². The zero-order valence-corrected chi connectivity index (χ0v) is 8.91. The third-order valence-corrected chi connectivity index (χ3v) is 4.66. The molecule has 0 fully saturated rings. The van der Waals surface area contributed by atoms with Gasteiger partial charge in [-0.2, -0.15) is 0 Å². The summed E-state index contributed by atoms with van der Waals surface area (Å²) >= 11 is 0. The Labute approximate surface area is 66.0 Å². The molecule has 2 unspecified atom stereocenters. The van der Waals surface area contributed by atoms with E-state index < -0.39 is 0 Å². The van der Waals surface area contributed by atoms with Crippen LogP contribution in [0.25, 0.3) is 0 Å². The first kappa shape index (κ1) is 10.8. The van der Waals surface area contributed by atoms with E-state index in [0.717, 1.165) is 0 Å². The average molecular weight is 182 g/mol. The third kappa shape index (κ3) is 5.56. The zero-order chi connectivity index (χ0) is 7.98. The summed E-state index contributed by atoms with van der Waals surface area (Å²) in [7, 11) is 3.19. The number of rotatable bonds is 5. The van der Waals surface area contributed by atoms with E-state index in [9.17, 15) is 0 Å². The quantitative estimate of drug-likeness (QED) is 0.607. The van der Waals surface area contributed by atoms with E-state index in [2.05, 4.69) is 13.3 Å². The molecule has 2 nitrogen and oxygen atoms in total. The molecule has 0 rings (SSSR count). The van der Waals surface area contributed by atoms with Crippen LogP contribution in [-0.2, 0) is 9.05 Å². The Hall–Kier alpha value is 0.780. The maximum atomic E-state index is 5.16. The fraction of sp³-hybridized carbons (Fsp3) is 1.00. The first-order valence-electron chi connectivity index (χ1n) is 3.21. The zero-order valence-electron chi connectivity index (χ0n) is 7.13. The molecule has 0 aliphatic carbocycles. The Kier molecular flexibility index (Phi) is 6.99. The Morgan fingerprint density at radius 2 is 1.20 bits per heavy atom. The Morgan fingerprint density at radius 1 is 0.900 bits per heavy atom. The monoisotopic (exact) mass is 182 g/mol. The molecule has 0 saturated heterocycles. The molecule has 0 radical (unpaired) electrons. The van der Waals surface area contributed by atoms with Gasteiger partial charge in [-0.15, -0.1) is 0 Å². The molecule has 0 heterocycles. The summed E-state index contributed by atoms with van der Waals surface area (Å²) in [6.07, 6.45) is 2.34. The van der Waals surface area contributed by atoms with Crippen molar-refractivity contribution in [3.05, 3.63) is 0 Å². The van der Waals surface area contributed by atoms with E-state index >= 15 is 0 Å². The summed E-state index contributed by atoms with van der Waals surface area (Å²) in [6, 6.07) is 0. The molecule has 0 aromatic rings. The molecule has 62 valence electrons. The predicted molar refractivity (Wildman–Crippen MR) is 49.4 cm³/mol. The van der Waals surface area contributed by atoms with Crippen molar-refractivity contribution in [1.29, 1.82) is 0 Å². The topological polar surface area (TPSA) is 18.5 Å². The summed E-state index contributed by atoms with van der Waals surface area (Å²) in [5.74, 6) is 0. The molecule has 0 aliphatic heterocycles. The van der Waals surface area contributed by atoms with Crippen molar-refractivity contribution in [1.82, 2.24) is 0 Å². The molecule has 0 aromatic heterocycles. The molecule has 0 bridgehead atoms. The molecule has 4 heteroatoms. The summed E-state index contributed by atoms with van der Waals surface area (Å²) < 4.78 is 10.3. The lowest BCUT2D eigenvalue weighted by Crippen LogP contribution is -1.92. The highest BCUT2D eigenvalue weighted by Gasteiger charge is 2.03. The highest BCUT2D eigenvalue weighted by atomic mass is 31.1. The van der Waals surface area contributed by atoms with Crippen LogP contribution in [0.1, 0.15) is 0 Å². The summed E-state index contributed by atoms with van der Waals surface area (Å²) in [6.45, 7) is 4.29. The largest absolute Gasteiger partial charge is 0.363 e. The van der Waals surface area contributed by atoms with Crippen molar-refractivity contribution in [3.63, 3.8) is 0 Å². The van der Waals surface area contributed by atoms with Gasteiger partial charge in [0.1, 0.15) is 0 Å². The molecule has 0 N–H and O–H groups in total. The first-order chi connectivity index (χ1) is 4.70. The Balaban J connectivity index is 3.17. The molecule has 2 atom stereocenters. The van der Waals surface area contributed by atoms with Crippen LogP contribution in [0.15, 0.2) is 0 Å². The van der Waals surface area contributed by atoms with Crippen LogP contribution in [0.3, 0.4) is 0 Å². The van der Waals surface area contributed by atoms with Crippen molar-refractivity contribution in [2.24, 2.45) is 0 Å². The van der Waals surface area contributed by atoms with Crippen LogP contribution in [0.5, 0.6) is 0 Å². The second-order valence-corrected chi connectivity index (χ2v) is 6.20. The maximum absolute atomic E-state index is 5.16. The lowest BCUT2D eigenvalue weighted by molar-refractivity contribution is 0.459. The second kappa shape index (κ2) is 6.49. The minimum Gasteiger partial charge on any atom is -0.363 e. The van der Waals surface area contributed by atoms with E-state index in [1.165, 1.54) is 12.3 Å². The molecule has 0 amide bonds. The Morgan fingerprint density at radius 3 is 1.40 bits per heavy atom. The van der Waals surface area contributed by atoms with Crippen molar-refractivity contribution < 1.29 is 9.05 Å². The smallest absolute Gasteiger partial charge is 0.0398 e. The van der Waals surface area contributed by atoms with Crippen LogP contribution >= 0.6 is 16.3 Å². The predicted octanol–water partition coefficient (Wildman–Crippen LogP) is 2.33. The van der Waals surface area contributed by atoms with E-state index in [1.807, 2.05) is 0 Å². The van der Waals surface area contributed by atoms with Gasteiger partial charge in [-0.1, -0.05) is 0 Å². The molecule has 0 saturated carbocycles. The third-order valence-electron chi connectivity index (χ3n) is 1.35. The number of hydrogen-bond acceptors (Lipinski definition) is 2. The van der Waals surface area contributed by atoms with Crippen LogP contribution in [0.4, 0.5) is 0 Å². The summed E-state index contributed by atoms with van der Waals surface area (Å²) in [5, 5.41) is 0. The molecule has 0 aliphatic rings. The van der Waals surface area contributed by atoms with E-state index in [-0.39, 0.29) is 16.3 Å². The van der Waals surface area contributed by atoms with Gasteiger partial charge in [0.25, 0.3) is 0 Å². The average Bonchev–Trinajstić information content (AvgIpc) is 1.99. The molecule has 10 heavy (non-hydrogen) atoms. The van der Waals surface area contributed by atoms with Gasteiger partial charge in [0.05, 0.1) is 0 Å². The van der Waals surface area contributed by atoms with Gasteiger partial charge in [0, 0.05) is 30.5 Å². The molecule has 0 spiro atoms. The second-order valence-electron chi connectivity index (χ2n) is 2.07. The molecular weight excluding hydrogens is 166 g/mol. The van der Waals surface area contributed by atoms with E-state index in [4.69, 9.17) is 9.05 Å². The van der Waals surface area contributed by atoms with Crippen LogP contribution in [-0.4, -0.2) is 39.9 Å². The Bertz CT molecular complexity index is 70.1. The standard InChI is InChI=1S/C6H16O2P2/c1-7-9(3)5-6-10(4)8-2/h5-6H2,1-4H3. The van der Waals surface area contributed by atoms with E-state index in [0.29, 0.717) is 0 Å². The lowest BCUT2D eigenvalue weighted by atomic mass is 11.0. The lowest BCUT2D eigenvalue weighted by Gasteiger charge is -2.12. The fourth-order valence-electron chi connectivity index (χ4n) is 0.464. The highest BCUT2D eigenvalue weighted by molar-refractivity contribution is 7.55. The van der Waals surface area contributed by atoms with Gasteiger partial charge >= 0.3 is 0 Å². The van der Waals surface area contributed by atoms with Gasteiger partial charge < -0.3 is 9.05 Å². The SMILES string of the molecule is COP(C)CCP(C)OC. The van der Waals surface area contributed by atoms with Crippen molar-refractivity contribution in [3.8, 4) is 0 Å². The van der Waals surface area contributed by atoms with Crippen LogP contribution in [0.2, 0.25) is 0 Å². The minimum absolute atomic E-state index is 0.180. The van der Waals surface area contributed by atoms with Crippen molar-refractivity contribution in [2.45, 2.75) is 0 Å². The summed E-state index contributed by atoms with van der Waals surface area (Å²) in [4.78, 5) is 0. The van der Waals surface area contributed by atoms with E-state index in [1.54, 1.807) is 14.2 Å². The fourth-order valence-corrected chi connectivity index (χ4v) is 3.08. The minimum atomic E-state index is -0.180. The molecule has 0 aromatic carbocycles. The van der Waals surface area contributed by atoms with Crippen LogP contribution < -0.4 is 0 Å². The van der Waals surface area contributed by atoms with Crippen molar-refractivity contribution >= 4 is 16.3 Å². The highest BCUT2D eigenvalue weighted by Crippen LogP contribution is 2.38. The number of hydrogen-bond donors (Lipinski definition) is 0. The summed E-state index contributed by atoms with van der Waals surface area (Å²) in [5.41, 5.74) is 0. The van der Waals surface area contributed by atoms with Gasteiger partial charge in [-0.05, 0) is 25.7 Å². The van der Waals surface area contributed by atoms with Crippen molar-refractivity contribution in [2.75, 3.05) is 39.9 Å². The first-order valence-corrected chi connectivity index (χ1v) is 6.99. The maximum Gasteiger partial charge on any atom is 0.0398 e. The van der Waals surface area contributed by atoms with Crippen LogP contribution in [0, 0.1) is 0 Å². The van der Waals surface area contributed by atoms with Gasteiger partial charge in [-0.25, -0.2) is 0 Å².